The van der Waals surface area contributed by atoms with Crippen molar-refractivity contribution in [2.75, 3.05) is 27.9 Å². The third-order valence-corrected chi connectivity index (χ3v) is 4.59. The van der Waals surface area contributed by atoms with Gasteiger partial charge >= 0.3 is 0 Å². The van der Waals surface area contributed by atoms with Gasteiger partial charge in [-0.1, -0.05) is 12.1 Å². The molecule has 0 aliphatic carbocycles. The van der Waals surface area contributed by atoms with Crippen molar-refractivity contribution in [3.8, 4) is 28.7 Å². The van der Waals surface area contributed by atoms with Crippen molar-refractivity contribution < 1.29 is 23.4 Å². The highest BCUT2D eigenvalue weighted by Gasteiger charge is 2.16. The molecule has 2 aromatic carbocycles. The Hall–Kier alpha value is -3.55. The van der Waals surface area contributed by atoms with Gasteiger partial charge in [-0.3, -0.25) is 4.79 Å². The van der Waals surface area contributed by atoms with Gasteiger partial charge in [-0.2, -0.15) is 0 Å². The summed E-state index contributed by atoms with van der Waals surface area (Å²) in [4.78, 5) is 13.9. The van der Waals surface area contributed by atoms with Crippen LogP contribution in [-0.4, -0.2) is 48.9 Å². The van der Waals surface area contributed by atoms with Gasteiger partial charge in [0.25, 0.3) is 5.91 Å². The van der Waals surface area contributed by atoms with E-state index in [1.807, 2.05) is 32.0 Å². The number of rotatable bonds is 8. The molecule has 0 spiro atoms. The van der Waals surface area contributed by atoms with Crippen molar-refractivity contribution in [3.63, 3.8) is 0 Å². The Morgan fingerprint density at radius 3 is 2.50 bits per heavy atom. The van der Waals surface area contributed by atoms with Crippen molar-refractivity contribution in [2.24, 2.45) is 0 Å². The van der Waals surface area contributed by atoms with Gasteiger partial charge in [-0.05, 0) is 49.2 Å². The number of hydrogen-bond donors (Lipinski definition) is 0. The van der Waals surface area contributed by atoms with Crippen molar-refractivity contribution in [1.29, 1.82) is 0 Å². The number of carbonyl (C=O) groups is 1. The van der Waals surface area contributed by atoms with Crippen molar-refractivity contribution in [2.45, 2.75) is 20.4 Å². The molecule has 30 heavy (non-hydrogen) atoms. The molecule has 0 aliphatic heterocycles. The molecule has 1 amide bonds. The average molecular weight is 411 g/mol. The Morgan fingerprint density at radius 1 is 1.00 bits per heavy atom. The molecule has 8 nitrogen and oxygen atoms in total. The molecular weight excluding hydrogens is 386 g/mol. The smallest absolute Gasteiger partial charge is 0.260 e. The second-order valence-electron chi connectivity index (χ2n) is 6.88. The van der Waals surface area contributed by atoms with E-state index in [0.29, 0.717) is 34.6 Å². The zero-order valence-electron chi connectivity index (χ0n) is 17.8. The maximum atomic E-state index is 12.4. The van der Waals surface area contributed by atoms with Crippen LogP contribution in [0, 0.1) is 13.8 Å². The van der Waals surface area contributed by atoms with Gasteiger partial charge in [0.05, 0.1) is 20.8 Å². The fourth-order valence-corrected chi connectivity index (χ4v) is 2.81. The van der Waals surface area contributed by atoms with E-state index in [1.54, 1.807) is 39.5 Å². The van der Waals surface area contributed by atoms with Crippen LogP contribution in [0.4, 0.5) is 0 Å². The molecule has 1 heterocycles. The third kappa shape index (κ3) is 4.89. The fraction of sp³-hybridized carbons (Fsp3) is 0.318. The molecule has 0 unspecified atom stereocenters. The number of aromatic nitrogens is 2. The Kier molecular flexibility index (Phi) is 6.56. The van der Waals surface area contributed by atoms with E-state index >= 15 is 0 Å². The molecule has 158 valence electrons. The van der Waals surface area contributed by atoms with E-state index in [4.69, 9.17) is 18.6 Å². The van der Waals surface area contributed by atoms with Gasteiger partial charge in [0.2, 0.25) is 11.8 Å². The molecule has 8 heteroatoms. The lowest BCUT2D eigenvalue weighted by Gasteiger charge is -2.16. The number of methoxy groups -OCH3 is 2. The molecule has 0 bridgehead atoms. The molecule has 0 radical (unpaired) electrons. The Labute approximate surface area is 175 Å². The van der Waals surface area contributed by atoms with E-state index in [1.165, 1.54) is 4.90 Å². The summed E-state index contributed by atoms with van der Waals surface area (Å²) in [6, 6.07) is 11.2. The molecule has 3 rings (SSSR count). The first kappa shape index (κ1) is 21.2. The molecule has 0 N–H and O–H groups in total. The monoisotopic (exact) mass is 411 g/mol. The first-order chi connectivity index (χ1) is 14.4. The van der Waals surface area contributed by atoms with Crippen LogP contribution in [0.3, 0.4) is 0 Å². The predicted octanol–water partition coefficient (Wildman–Crippen LogP) is 3.41. The van der Waals surface area contributed by atoms with Crippen molar-refractivity contribution >= 4 is 5.91 Å². The number of ether oxygens (including phenoxy) is 3. The van der Waals surface area contributed by atoms with Crippen LogP contribution in [0.1, 0.15) is 17.0 Å². The van der Waals surface area contributed by atoms with Gasteiger partial charge in [-0.25, -0.2) is 0 Å². The highest BCUT2D eigenvalue weighted by molar-refractivity contribution is 5.77. The lowest BCUT2D eigenvalue weighted by Crippen LogP contribution is -2.31. The van der Waals surface area contributed by atoms with Gasteiger partial charge < -0.3 is 23.5 Å². The number of nitrogens with zero attached hydrogens (tertiary/aromatic N) is 3. The standard InChI is InChI=1S/C22H25N3O5/c1-14-6-7-15(2)18(10-14)29-13-21(26)25(3)12-20-23-24-22(30-20)16-8-9-17(27-4)19(11-16)28-5/h6-11H,12-13H2,1-5H3. The van der Waals surface area contributed by atoms with E-state index in [9.17, 15) is 4.79 Å². The SMILES string of the molecule is COc1ccc(-c2nnc(CN(C)C(=O)COc3cc(C)ccc3C)o2)cc1OC. The van der Waals surface area contributed by atoms with E-state index < -0.39 is 0 Å². The summed E-state index contributed by atoms with van der Waals surface area (Å²) in [5.41, 5.74) is 2.75. The van der Waals surface area contributed by atoms with Crippen LogP contribution >= 0.6 is 0 Å². The summed E-state index contributed by atoms with van der Waals surface area (Å²) < 4.78 is 21.9. The second kappa shape index (κ2) is 9.30. The second-order valence-corrected chi connectivity index (χ2v) is 6.88. The molecule has 0 fully saturated rings. The Morgan fingerprint density at radius 2 is 1.77 bits per heavy atom. The Balaban J connectivity index is 1.62. The summed E-state index contributed by atoms with van der Waals surface area (Å²) in [5.74, 6) is 2.33. The molecule has 3 aromatic rings. The third-order valence-electron chi connectivity index (χ3n) is 4.59. The number of amides is 1. The summed E-state index contributed by atoms with van der Waals surface area (Å²) in [5, 5.41) is 8.10. The quantitative estimate of drug-likeness (QED) is 0.561. The van der Waals surface area contributed by atoms with Crippen LogP contribution in [-0.2, 0) is 11.3 Å². The van der Waals surface area contributed by atoms with E-state index in [-0.39, 0.29) is 19.1 Å². The first-order valence-corrected chi connectivity index (χ1v) is 9.40. The highest BCUT2D eigenvalue weighted by Crippen LogP contribution is 2.31. The highest BCUT2D eigenvalue weighted by atomic mass is 16.5. The number of carbonyl (C=O) groups excluding carboxylic acids is 1. The van der Waals surface area contributed by atoms with Crippen molar-refractivity contribution in [1.82, 2.24) is 15.1 Å². The van der Waals surface area contributed by atoms with Crippen LogP contribution in [0.25, 0.3) is 11.5 Å². The topological polar surface area (TPSA) is 86.9 Å². The van der Waals surface area contributed by atoms with E-state index in [2.05, 4.69) is 10.2 Å². The van der Waals surface area contributed by atoms with Gasteiger partial charge in [0.15, 0.2) is 18.1 Å². The number of aryl methyl sites for hydroxylation is 2. The van der Waals surface area contributed by atoms with Crippen LogP contribution in [0.15, 0.2) is 40.8 Å². The van der Waals surface area contributed by atoms with Crippen LogP contribution in [0.5, 0.6) is 17.2 Å². The van der Waals surface area contributed by atoms with Crippen LogP contribution < -0.4 is 14.2 Å². The summed E-state index contributed by atoms with van der Waals surface area (Å²) in [6.45, 7) is 4.02. The minimum Gasteiger partial charge on any atom is -0.493 e. The molecular formula is C22H25N3O5. The fourth-order valence-electron chi connectivity index (χ4n) is 2.81. The lowest BCUT2D eigenvalue weighted by atomic mass is 10.1. The zero-order valence-corrected chi connectivity index (χ0v) is 17.8. The van der Waals surface area contributed by atoms with Gasteiger partial charge in [0.1, 0.15) is 5.75 Å². The predicted molar refractivity (Wildman–Crippen MR) is 111 cm³/mol. The minimum atomic E-state index is -0.193. The van der Waals surface area contributed by atoms with Crippen LogP contribution in [0.2, 0.25) is 0 Å². The number of likely N-dealkylation sites (N-methyl/N-ethyl adjacent to an activating group) is 1. The first-order valence-electron chi connectivity index (χ1n) is 9.40. The molecule has 1 aromatic heterocycles. The van der Waals surface area contributed by atoms with E-state index in [0.717, 1.165) is 11.1 Å². The molecule has 0 atom stereocenters. The van der Waals surface area contributed by atoms with Gasteiger partial charge in [-0.15, -0.1) is 10.2 Å². The normalized spacial score (nSPS) is 10.6. The maximum absolute atomic E-state index is 12.4. The summed E-state index contributed by atoms with van der Waals surface area (Å²) >= 11 is 0. The lowest BCUT2D eigenvalue weighted by molar-refractivity contribution is -0.132. The zero-order chi connectivity index (χ0) is 21.7. The summed E-state index contributed by atoms with van der Waals surface area (Å²) in [7, 11) is 4.79. The van der Waals surface area contributed by atoms with Gasteiger partial charge in [0, 0.05) is 12.6 Å². The molecule has 0 saturated carbocycles. The van der Waals surface area contributed by atoms with Crippen molar-refractivity contribution in [3.05, 3.63) is 53.4 Å². The molecule has 0 aliphatic rings. The summed E-state index contributed by atoms with van der Waals surface area (Å²) in [6.07, 6.45) is 0. The average Bonchev–Trinajstić information content (AvgIpc) is 3.21. The molecule has 0 saturated heterocycles. The minimum absolute atomic E-state index is 0.0720. The Bertz CT molecular complexity index is 1030. The number of hydrogen-bond acceptors (Lipinski definition) is 7. The maximum Gasteiger partial charge on any atom is 0.260 e. The largest absolute Gasteiger partial charge is 0.493 e. The number of benzene rings is 2.